The molecule has 0 saturated heterocycles. The zero-order valence-corrected chi connectivity index (χ0v) is 19.0. The number of nitrogens with zero attached hydrogens (tertiary/aromatic N) is 1. The minimum atomic E-state index is -0.594. The van der Waals surface area contributed by atoms with Crippen molar-refractivity contribution in [3.05, 3.63) is 65.2 Å². The molecule has 0 saturated carbocycles. The summed E-state index contributed by atoms with van der Waals surface area (Å²) < 4.78 is 5.74. The van der Waals surface area contributed by atoms with Crippen molar-refractivity contribution in [2.45, 2.75) is 59.5 Å². The van der Waals surface area contributed by atoms with E-state index in [2.05, 4.69) is 5.32 Å². The third-order valence-corrected chi connectivity index (χ3v) is 4.99. The van der Waals surface area contributed by atoms with Gasteiger partial charge in [-0.2, -0.15) is 0 Å². The first-order chi connectivity index (χ1) is 14.1. The molecule has 1 atom stereocenters. The lowest BCUT2D eigenvalue weighted by Gasteiger charge is -2.31. The second-order valence-electron chi connectivity index (χ2n) is 8.77. The molecule has 5 heteroatoms. The highest BCUT2D eigenvalue weighted by molar-refractivity contribution is 5.88. The fourth-order valence-electron chi connectivity index (χ4n) is 3.08. The molecule has 0 heterocycles. The molecule has 0 bridgehead atoms. The number of amides is 2. The number of carbonyl (C=O) groups excluding carboxylic acids is 2. The minimum Gasteiger partial charge on any atom is -0.484 e. The Morgan fingerprint density at radius 2 is 1.70 bits per heavy atom. The average molecular weight is 411 g/mol. The van der Waals surface area contributed by atoms with Crippen LogP contribution in [0.2, 0.25) is 0 Å². The van der Waals surface area contributed by atoms with E-state index in [4.69, 9.17) is 4.74 Å². The summed E-state index contributed by atoms with van der Waals surface area (Å²) in [6, 6.07) is 15.1. The van der Waals surface area contributed by atoms with Gasteiger partial charge in [-0.25, -0.2) is 0 Å². The van der Waals surface area contributed by atoms with Gasteiger partial charge in [-0.3, -0.25) is 9.59 Å². The molecular formula is C25H34N2O3. The quantitative estimate of drug-likeness (QED) is 0.714. The zero-order chi connectivity index (χ0) is 22.3. The van der Waals surface area contributed by atoms with Crippen molar-refractivity contribution >= 4 is 11.8 Å². The van der Waals surface area contributed by atoms with Gasteiger partial charge in [0.1, 0.15) is 11.8 Å². The molecule has 0 spiro atoms. The molecule has 2 rings (SSSR count). The first-order valence-corrected chi connectivity index (χ1v) is 10.4. The zero-order valence-electron chi connectivity index (χ0n) is 19.0. The lowest BCUT2D eigenvalue weighted by molar-refractivity contribution is -0.142. The molecule has 0 fully saturated rings. The summed E-state index contributed by atoms with van der Waals surface area (Å²) in [6.45, 7) is 11.9. The number of nitrogens with one attached hydrogen (secondary N) is 1. The number of rotatable bonds is 8. The third kappa shape index (κ3) is 7.21. The summed E-state index contributed by atoms with van der Waals surface area (Å²) in [5, 5.41) is 2.97. The molecule has 2 aromatic carbocycles. The molecule has 5 nitrogen and oxygen atoms in total. The highest BCUT2D eigenvalue weighted by atomic mass is 16.5. The number of hydrogen-bond donors (Lipinski definition) is 1. The van der Waals surface area contributed by atoms with E-state index >= 15 is 0 Å². The average Bonchev–Trinajstić information content (AvgIpc) is 2.68. The van der Waals surface area contributed by atoms with Crippen LogP contribution in [0.5, 0.6) is 5.75 Å². The standard InChI is InChI=1S/C25H34N2O3/c1-18-12-13-22(16-19(18)2)30-17-23(28)27(15-14-21-10-8-7-9-11-21)20(3)24(29)26-25(4,5)6/h7-13,16,20H,14-15,17H2,1-6H3,(H,26,29). The SMILES string of the molecule is Cc1ccc(OCC(=O)N(CCc2ccccc2)C(C)C(=O)NC(C)(C)C)cc1C. The number of carbonyl (C=O) groups is 2. The van der Waals surface area contributed by atoms with Gasteiger partial charge in [0.15, 0.2) is 6.61 Å². The van der Waals surface area contributed by atoms with Crippen LogP contribution in [0.4, 0.5) is 0 Å². The summed E-state index contributed by atoms with van der Waals surface area (Å²) in [5.41, 5.74) is 3.04. The van der Waals surface area contributed by atoms with Gasteiger partial charge >= 0.3 is 0 Å². The van der Waals surface area contributed by atoms with E-state index in [9.17, 15) is 9.59 Å². The van der Waals surface area contributed by atoms with Crippen LogP contribution in [0, 0.1) is 13.8 Å². The van der Waals surface area contributed by atoms with Crippen molar-refractivity contribution in [2.24, 2.45) is 0 Å². The van der Waals surface area contributed by atoms with Crippen LogP contribution in [0.25, 0.3) is 0 Å². The van der Waals surface area contributed by atoms with E-state index in [-0.39, 0.29) is 24.0 Å². The molecule has 1 N–H and O–H groups in total. The van der Waals surface area contributed by atoms with Crippen molar-refractivity contribution < 1.29 is 14.3 Å². The van der Waals surface area contributed by atoms with E-state index < -0.39 is 6.04 Å². The summed E-state index contributed by atoms with van der Waals surface area (Å²) in [7, 11) is 0. The second-order valence-corrected chi connectivity index (χ2v) is 8.77. The number of benzene rings is 2. The molecule has 0 aliphatic rings. The number of ether oxygens (including phenoxy) is 1. The second kappa shape index (κ2) is 10.3. The van der Waals surface area contributed by atoms with Gasteiger partial charge in [0.05, 0.1) is 0 Å². The van der Waals surface area contributed by atoms with E-state index in [0.29, 0.717) is 18.7 Å². The molecule has 0 aliphatic heterocycles. The lowest BCUT2D eigenvalue weighted by atomic mass is 10.1. The summed E-state index contributed by atoms with van der Waals surface area (Å²) in [5.74, 6) is 0.275. The van der Waals surface area contributed by atoms with Crippen LogP contribution in [0.3, 0.4) is 0 Å². The number of hydrogen-bond acceptors (Lipinski definition) is 3. The Morgan fingerprint density at radius 1 is 1.03 bits per heavy atom. The molecule has 2 aromatic rings. The fourth-order valence-corrected chi connectivity index (χ4v) is 3.08. The largest absolute Gasteiger partial charge is 0.484 e. The molecule has 0 aromatic heterocycles. The monoisotopic (exact) mass is 410 g/mol. The first kappa shape index (κ1) is 23.5. The minimum absolute atomic E-state index is 0.107. The highest BCUT2D eigenvalue weighted by Gasteiger charge is 2.28. The van der Waals surface area contributed by atoms with Crippen LogP contribution in [-0.4, -0.2) is 41.4 Å². The molecule has 2 amide bonds. The molecule has 30 heavy (non-hydrogen) atoms. The van der Waals surface area contributed by atoms with Gasteiger partial charge in [0.2, 0.25) is 5.91 Å². The van der Waals surface area contributed by atoms with Crippen molar-refractivity contribution in [1.29, 1.82) is 0 Å². The van der Waals surface area contributed by atoms with Crippen LogP contribution < -0.4 is 10.1 Å². The van der Waals surface area contributed by atoms with E-state index in [0.717, 1.165) is 11.1 Å². The maximum Gasteiger partial charge on any atom is 0.261 e. The summed E-state index contributed by atoms with van der Waals surface area (Å²) in [4.78, 5) is 27.4. The van der Waals surface area contributed by atoms with Gasteiger partial charge in [-0.05, 0) is 76.8 Å². The molecular weight excluding hydrogens is 376 g/mol. The predicted octanol–water partition coefficient (Wildman–Crippen LogP) is 4.06. The topological polar surface area (TPSA) is 58.6 Å². The van der Waals surface area contributed by atoms with Gasteiger partial charge in [0, 0.05) is 12.1 Å². The Bertz CT molecular complexity index is 856. The van der Waals surface area contributed by atoms with Crippen molar-refractivity contribution in [3.8, 4) is 5.75 Å². The third-order valence-electron chi connectivity index (χ3n) is 4.99. The lowest BCUT2D eigenvalue weighted by Crippen LogP contribution is -2.53. The van der Waals surface area contributed by atoms with Crippen LogP contribution in [0.1, 0.15) is 44.4 Å². The Hall–Kier alpha value is -2.82. The normalized spacial score (nSPS) is 12.2. The molecule has 1 unspecified atom stereocenters. The van der Waals surface area contributed by atoms with Crippen LogP contribution >= 0.6 is 0 Å². The Balaban J connectivity index is 2.10. The molecule has 0 radical (unpaired) electrons. The van der Waals surface area contributed by atoms with E-state index in [1.165, 1.54) is 5.56 Å². The first-order valence-electron chi connectivity index (χ1n) is 10.4. The van der Waals surface area contributed by atoms with Crippen molar-refractivity contribution in [1.82, 2.24) is 10.2 Å². The van der Waals surface area contributed by atoms with Crippen LogP contribution in [0.15, 0.2) is 48.5 Å². The summed E-state index contributed by atoms with van der Waals surface area (Å²) >= 11 is 0. The van der Waals surface area contributed by atoms with E-state index in [1.807, 2.05) is 83.1 Å². The van der Waals surface area contributed by atoms with E-state index in [1.54, 1.807) is 11.8 Å². The van der Waals surface area contributed by atoms with Crippen LogP contribution in [-0.2, 0) is 16.0 Å². The smallest absolute Gasteiger partial charge is 0.261 e. The maximum absolute atomic E-state index is 13.0. The molecule has 162 valence electrons. The predicted molar refractivity (Wildman–Crippen MR) is 121 cm³/mol. The van der Waals surface area contributed by atoms with Gasteiger partial charge < -0.3 is 15.0 Å². The van der Waals surface area contributed by atoms with Crippen molar-refractivity contribution in [3.63, 3.8) is 0 Å². The Labute approximate surface area is 180 Å². The Kier molecular flexibility index (Phi) is 8.04. The van der Waals surface area contributed by atoms with Crippen molar-refractivity contribution in [2.75, 3.05) is 13.2 Å². The highest BCUT2D eigenvalue weighted by Crippen LogP contribution is 2.17. The summed E-state index contributed by atoms with van der Waals surface area (Å²) in [6.07, 6.45) is 0.670. The van der Waals surface area contributed by atoms with Gasteiger partial charge in [0.25, 0.3) is 5.91 Å². The fraction of sp³-hybridized carbons (Fsp3) is 0.440. The Morgan fingerprint density at radius 3 is 2.30 bits per heavy atom. The van der Waals surface area contributed by atoms with Gasteiger partial charge in [-0.15, -0.1) is 0 Å². The van der Waals surface area contributed by atoms with Gasteiger partial charge in [-0.1, -0.05) is 36.4 Å². The maximum atomic E-state index is 13.0. The number of aryl methyl sites for hydroxylation is 2. The molecule has 0 aliphatic carbocycles.